The summed E-state index contributed by atoms with van der Waals surface area (Å²) in [6, 6.07) is 14.7. The first kappa shape index (κ1) is 14.8. The van der Waals surface area contributed by atoms with Gasteiger partial charge in [0.2, 0.25) is 0 Å². The summed E-state index contributed by atoms with van der Waals surface area (Å²) in [7, 11) is 0. The Morgan fingerprint density at radius 2 is 1.50 bits per heavy atom. The molecule has 2 rings (SSSR count). The first-order valence-corrected chi connectivity index (χ1v) is 7.41. The predicted octanol–water partition coefficient (Wildman–Crippen LogP) is 3.95. The van der Waals surface area contributed by atoms with Crippen LogP contribution in [0.1, 0.15) is 17.3 Å². The van der Waals surface area contributed by atoms with Crippen molar-refractivity contribution in [2.45, 2.75) is 6.92 Å². The molecule has 0 aliphatic heterocycles. The molecule has 2 aromatic rings. The van der Waals surface area contributed by atoms with Crippen LogP contribution in [0.25, 0.3) is 0 Å². The van der Waals surface area contributed by atoms with E-state index in [1.807, 2.05) is 43.3 Å². The Kier molecular flexibility index (Phi) is 5.40. The first-order valence-electron chi connectivity index (χ1n) is 6.33. The molecular formula is C16H15IO3. The molecule has 0 radical (unpaired) electrons. The average molecular weight is 382 g/mol. The Morgan fingerprint density at radius 3 is 2.05 bits per heavy atom. The van der Waals surface area contributed by atoms with E-state index in [9.17, 15) is 4.79 Å². The minimum atomic E-state index is -0.0321. The van der Waals surface area contributed by atoms with Crippen molar-refractivity contribution in [2.75, 3.05) is 13.2 Å². The molecule has 0 atom stereocenters. The summed E-state index contributed by atoms with van der Waals surface area (Å²) in [4.78, 5) is 11.9. The van der Waals surface area contributed by atoms with Crippen LogP contribution in [0.2, 0.25) is 0 Å². The molecule has 2 aromatic carbocycles. The molecule has 104 valence electrons. The number of carbonyl (C=O) groups excluding carboxylic acids is 1. The molecule has 0 aliphatic rings. The number of hydrogen-bond donors (Lipinski definition) is 0. The van der Waals surface area contributed by atoms with Crippen LogP contribution in [-0.2, 0) is 0 Å². The predicted molar refractivity (Wildman–Crippen MR) is 86.6 cm³/mol. The third kappa shape index (κ3) is 4.23. The first-order chi connectivity index (χ1) is 9.69. The van der Waals surface area contributed by atoms with E-state index in [2.05, 4.69) is 22.6 Å². The minimum absolute atomic E-state index is 0.0321. The Balaban J connectivity index is 1.91. The minimum Gasteiger partial charge on any atom is -0.494 e. The molecule has 0 fully saturated rings. The van der Waals surface area contributed by atoms with Gasteiger partial charge < -0.3 is 9.47 Å². The normalized spacial score (nSPS) is 10.1. The highest BCUT2D eigenvalue weighted by atomic mass is 127. The van der Waals surface area contributed by atoms with Crippen LogP contribution in [0.15, 0.2) is 48.5 Å². The maximum absolute atomic E-state index is 11.9. The Bertz CT molecular complexity index is 561. The van der Waals surface area contributed by atoms with Gasteiger partial charge in [0.25, 0.3) is 0 Å². The van der Waals surface area contributed by atoms with Gasteiger partial charge in [0.1, 0.15) is 11.5 Å². The highest BCUT2D eigenvalue weighted by Gasteiger charge is 2.06. The zero-order valence-corrected chi connectivity index (χ0v) is 13.3. The van der Waals surface area contributed by atoms with Crippen molar-refractivity contribution in [1.29, 1.82) is 0 Å². The lowest BCUT2D eigenvalue weighted by molar-refractivity contribution is 0.0921. The van der Waals surface area contributed by atoms with Crippen LogP contribution < -0.4 is 9.47 Å². The van der Waals surface area contributed by atoms with E-state index in [1.165, 1.54) is 0 Å². The van der Waals surface area contributed by atoms with Gasteiger partial charge in [-0.2, -0.15) is 0 Å². The third-order valence-corrected chi connectivity index (χ3v) is 3.39. The van der Waals surface area contributed by atoms with Gasteiger partial charge in [-0.25, -0.2) is 0 Å². The summed E-state index contributed by atoms with van der Waals surface area (Å²) in [6.45, 7) is 2.60. The second-order valence-electron chi connectivity index (χ2n) is 4.12. The molecule has 0 amide bonds. The maximum atomic E-state index is 11.9. The van der Waals surface area contributed by atoms with E-state index in [0.29, 0.717) is 17.9 Å². The average Bonchev–Trinajstić information content (AvgIpc) is 2.47. The number of Topliss-reactive ketones (excluding diaryl/α,β-unsaturated/α-hetero) is 1. The molecule has 0 saturated carbocycles. The Labute approximate surface area is 132 Å². The molecule has 0 N–H and O–H groups in total. The maximum Gasteiger partial charge on any atom is 0.200 e. The van der Waals surface area contributed by atoms with Crippen molar-refractivity contribution >= 4 is 28.4 Å². The largest absolute Gasteiger partial charge is 0.494 e. The van der Waals surface area contributed by atoms with Gasteiger partial charge in [0.15, 0.2) is 12.4 Å². The van der Waals surface area contributed by atoms with E-state index >= 15 is 0 Å². The van der Waals surface area contributed by atoms with Crippen molar-refractivity contribution in [2.24, 2.45) is 0 Å². The molecule has 0 aliphatic carbocycles. The van der Waals surface area contributed by atoms with Gasteiger partial charge in [-0.05, 0) is 65.9 Å². The van der Waals surface area contributed by atoms with Crippen molar-refractivity contribution in [3.8, 4) is 11.5 Å². The van der Waals surface area contributed by atoms with E-state index in [0.717, 1.165) is 9.32 Å². The van der Waals surface area contributed by atoms with Crippen LogP contribution >= 0.6 is 22.6 Å². The van der Waals surface area contributed by atoms with Gasteiger partial charge in [0.05, 0.1) is 6.61 Å². The molecule has 0 spiro atoms. The zero-order chi connectivity index (χ0) is 14.4. The number of carbonyl (C=O) groups is 1. The number of rotatable bonds is 6. The summed E-state index contributed by atoms with van der Waals surface area (Å²) < 4.78 is 11.9. The zero-order valence-electron chi connectivity index (χ0n) is 11.1. The summed E-state index contributed by atoms with van der Waals surface area (Å²) in [5, 5.41) is 0. The van der Waals surface area contributed by atoms with Crippen LogP contribution in [0.5, 0.6) is 11.5 Å². The van der Waals surface area contributed by atoms with Crippen molar-refractivity contribution in [3.63, 3.8) is 0 Å². The van der Waals surface area contributed by atoms with E-state index in [4.69, 9.17) is 9.47 Å². The standard InChI is InChI=1S/C16H15IO3/c1-2-19-14-7-9-15(10-8-14)20-11-16(18)12-3-5-13(17)6-4-12/h3-10H,2,11H2,1H3. The van der Waals surface area contributed by atoms with Crippen LogP contribution in [0, 0.1) is 3.57 Å². The molecule has 0 heterocycles. The van der Waals surface area contributed by atoms with Crippen molar-refractivity contribution in [1.82, 2.24) is 0 Å². The second-order valence-corrected chi connectivity index (χ2v) is 5.37. The smallest absolute Gasteiger partial charge is 0.200 e. The lowest BCUT2D eigenvalue weighted by Gasteiger charge is -2.07. The second kappa shape index (κ2) is 7.28. The molecule has 0 unspecified atom stereocenters. The quantitative estimate of drug-likeness (QED) is 0.561. The summed E-state index contributed by atoms with van der Waals surface area (Å²) in [6.07, 6.45) is 0. The molecular weight excluding hydrogens is 367 g/mol. The van der Waals surface area contributed by atoms with Gasteiger partial charge in [0, 0.05) is 9.13 Å². The Morgan fingerprint density at radius 1 is 0.950 bits per heavy atom. The fourth-order valence-corrected chi connectivity index (χ4v) is 2.03. The third-order valence-electron chi connectivity index (χ3n) is 2.67. The number of ketones is 1. The van der Waals surface area contributed by atoms with Gasteiger partial charge in [-0.15, -0.1) is 0 Å². The van der Waals surface area contributed by atoms with Crippen molar-refractivity contribution in [3.05, 3.63) is 57.7 Å². The highest BCUT2D eigenvalue weighted by molar-refractivity contribution is 14.1. The fraction of sp³-hybridized carbons (Fsp3) is 0.188. The highest BCUT2D eigenvalue weighted by Crippen LogP contribution is 2.17. The topological polar surface area (TPSA) is 35.5 Å². The molecule has 0 saturated heterocycles. The molecule has 0 bridgehead atoms. The van der Waals surface area contributed by atoms with Crippen LogP contribution in [0.4, 0.5) is 0 Å². The molecule has 3 nitrogen and oxygen atoms in total. The van der Waals surface area contributed by atoms with Gasteiger partial charge >= 0.3 is 0 Å². The molecule has 0 aromatic heterocycles. The summed E-state index contributed by atoms with van der Waals surface area (Å²) >= 11 is 2.21. The molecule has 20 heavy (non-hydrogen) atoms. The number of ether oxygens (including phenoxy) is 2. The van der Waals surface area contributed by atoms with Crippen LogP contribution in [0.3, 0.4) is 0 Å². The SMILES string of the molecule is CCOc1ccc(OCC(=O)c2ccc(I)cc2)cc1. The van der Waals surface area contributed by atoms with Crippen LogP contribution in [-0.4, -0.2) is 19.0 Å². The monoisotopic (exact) mass is 382 g/mol. The summed E-state index contributed by atoms with van der Waals surface area (Å²) in [5.74, 6) is 1.42. The van der Waals surface area contributed by atoms with Gasteiger partial charge in [-0.1, -0.05) is 12.1 Å². The van der Waals surface area contributed by atoms with Crippen molar-refractivity contribution < 1.29 is 14.3 Å². The summed E-state index contributed by atoms with van der Waals surface area (Å²) in [5.41, 5.74) is 0.663. The van der Waals surface area contributed by atoms with E-state index in [-0.39, 0.29) is 12.4 Å². The molecule has 4 heteroatoms. The lowest BCUT2D eigenvalue weighted by atomic mass is 10.1. The lowest BCUT2D eigenvalue weighted by Crippen LogP contribution is -2.11. The van der Waals surface area contributed by atoms with Gasteiger partial charge in [-0.3, -0.25) is 4.79 Å². The number of halogens is 1. The Hall–Kier alpha value is -1.56. The van der Waals surface area contributed by atoms with E-state index < -0.39 is 0 Å². The van der Waals surface area contributed by atoms with E-state index in [1.54, 1.807) is 12.1 Å². The number of benzene rings is 2. The fourth-order valence-electron chi connectivity index (χ4n) is 1.67. The number of hydrogen-bond acceptors (Lipinski definition) is 3.